The van der Waals surface area contributed by atoms with Gasteiger partial charge < -0.3 is 10.3 Å². The lowest BCUT2D eigenvalue weighted by Crippen LogP contribution is -2.27. The Hall–Kier alpha value is -2.10. The van der Waals surface area contributed by atoms with Gasteiger partial charge in [-0.3, -0.25) is 4.79 Å². The van der Waals surface area contributed by atoms with E-state index >= 15 is 0 Å². The fourth-order valence-electron chi connectivity index (χ4n) is 1.64. The summed E-state index contributed by atoms with van der Waals surface area (Å²) >= 11 is 0. The van der Waals surface area contributed by atoms with E-state index in [0.717, 1.165) is 5.56 Å². The van der Waals surface area contributed by atoms with Crippen LogP contribution >= 0.6 is 0 Å². The first-order chi connectivity index (χ1) is 7.77. The van der Waals surface area contributed by atoms with Gasteiger partial charge in [0, 0.05) is 18.8 Å². The van der Waals surface area contributed by atoms with Crippen LogP contribution in [0.3, 0.4) is 0 Å². The van der Waals surface area contributed by atoms with Crippen molar-refractivity contribution in [3.8, 4) is 0 Å². The van der Waals surface area contributed by atoms with Crippen LogP contribution < -0.4 is 5.73 Å². The quantitative estimate of drug-likeness (QED) is 0.831. The van der Waals surface area contributed by atoms with Gasteiger partial charge in [-0.1, -0.05) is 30.3 Å². The Morgan fingerprint density at radius 2 is 2.12 bits per heavy atom. The van der Waals surface area contributed by atoms with E-state index in [2.05, 4.69) is 4.98 Å². The van der Waals surface area contributed by atoms with E-state index in [0.29, 0.717) is 6.42 Å². The summed E-state index contributed by atoms with van der Waals surface area (Å²) in [5.74, 6) is -0.346. The second-order valence-corrected chi connectivity index (χ2v) is 3.62. The van der Waals surface area contributed by atoms with Crippen molar-refractivity contribution in [3.63, 3.8) is 0 Å². The fourth-order valence-corrected chi connectivity index (χ4v) is 1.64. The number of carbonyl (C=O) groups is 1. The zero-order valence-electron chi connectivity index (χ0n) is 8.78. The van der Waals surface area contributed by atoms with Crippen molar-refractivity contribution in [3.05, 3.63) is 54.6 Å². The first kappa shape index (κ1) is 10.4. The molecule has 0 aliphatic carbocycles. The van der Waals surface area contributed by atoms with Crippen LogP contribution in [0.25, 0.3) is 0 Å². The maximum atomic E-state index is 11.4. The minimum absolute atomic E-state index is 0.346. The second-order valence-electron chi connectivity index (χ2n) is 3.62. The summed E-state index contributed by atoms with van der Waals surface area (Å²) in [5, 5.41) is 0. The van der Waals surface area contributed by atoms with E-state index in [-0.39, 0.29) is 11.9 Å². The van der Waals surface area contributed by atoms with Crippen LogP contribution in [0.15, 0.2) is 49.1 Å². The standard InChI is InChI=1S/C12H13N3O/c13-12(16)11(15-7-6-14-9-15)8-10-4-2-1-3-5-10/h1-7,9,11H,8H2,(H2,13,16). The van der Waals surface area contributed by atoms with E-state index in [1.165, 1.54) is 0 Å². The molecule has 1 heterocycles. The van der Waals surface area contributed by atoms with Crippen molar-refractivity contribution in [2.45, 2.75) is 12.5 Å². The number of imidazole rings is 1. The lowest BCUT2D eigenvalue weighted by atomic mass is 10.1. The van der Waals surface area contributed by atoms with Gasteiger partial charge in [0.05, 0.1) is 6.33 Å². The van der Waals surface area contributed by atoms with Gasteiger partial charge in [0.25, 0.3) is 0 Å². The molecule has 1 aromatic heterocycles. The van der Waals surface area contributed by atoms with Gasteiger partial charge >= 0.3 is 0 Å². The smallest absolute Gasteiger partial charge is 0.240 e. The summed E-state index contributed by atoms with van der Waals surface area (Å²) in [6.07, 6.45) is 5.59. The number of hydrogen-bond acceptors (Lipinski definition) is 2. The average Bonchev–Trinajstić information content (AvgIpc) is 2.80. The highest BCUT2D eigenvalue weighted by atomic mass is 16.1. The van der Waals surface area contributed by atoms with E-state index in [1.807, 2.05) is 30.3 Å². The number of rotatable bonds is 4. The predicted octanol–water partition coefficient (Wildman–Crippen LogP) is 1.15. The average molecular weight is 215 g/mol. The highest BCUT2D eigenvalue weighted by molar-refractivity contribution is 5.78. The Labute approximate surface area is 93.7 Å². The predicted molar refractivity (Wildman–Crippen MR) is 60.6 cm³/mol. The van der Waals surface area contributed by atoms with Crippen molar-refractivity contribution in [1.82, 2.24) is 9.55 Å². The molecule has 0 saturated carbocycles. The zero-order chi connectivity index (χ0) is 11.4. The van der Waals surface area contributed by atoms with Gasteiger partial charge in [-0.05, 0) is 5.56 Å². The van der Waals surface area contributed by atoms with Crippen molar-refractivity contribution < 1.29 is 4.79 Å². The summed E-state index contributed by atoms with van der Waals surface area (Å²) < 4.78 is 1.73. The molecule has 1 unspecified atom stereocenters. The molecule has 2 rings (SSSR count). The Morgan fingerprint density at radius 3 is 2.69 bits per heavy atom. The number of amides is 1. The molecular formula is C12H13N3O. The Morgan fingerprint density at radius 1 is 1.38 bits per heavy atom. The summed E-state index contributed by atoms with van der Waals surface area (Å²) in [7, 11) is 0. The highest BCUT2D eigenvalue weighted by Crippen LogP contribution is 2.13. The van der Waals surface area contributed by atoms with Crippen molar-refractivity contribution in [2.75, 3.05) is 0 Å². The normalized spacial score (nSPS) is 12.2. The minimum Gasteiger partial charge on any atom is -0.368 e. The SMILES string of the molecule is NC(=O)C(Cc1ccccc1)n1ccnc1. The topological polar surface area (TPSA) is 60.9 Å². The first-order valence-electron chi connectivity index (χ1n) is 5.08. The summed E-state index contributed by atoms with van der Waals surface area (Å²) in [4.78, 5) is 15.3. The molecule has 2 N–H and O–H groups in total. The Bertz CT molecular complexity index is 450. The molecule has 0 aliphatic rings. The Kier molecular flexibility index (Phi) is 3.00. The largest absolute Gasteiger partial charge is 0.368 e. The molecule has 1 atom stereocenters. The molecule has 0 spiro atoms. The number of primary amides is 1. The van der Waals surface area contributed by atoms with Gasteiger partial charge in [0.15, 0.2) is 0 Å². The Balaban J connectivity index is 2.19. The van der Waals surface area contributed by atoms with Crippen LogP contribution in [0, 0.1) is 0 Å². The molecule has 2 aromatic rings. The second kappa shape index (κ2) is 4.61. The van der Waals surface area contributed by atoms with Crippen molar-refractivity contribution >= 4 is 5.91 Å². The van der Waals surface area contributed by atoms with Gasteiger partial charge in [0.2, 0.25) is 5.91 Å². The van der Waals surface area contributed by atoms with Gasteiger partial charge in [0.1, 0.15) is 6.04 Å². The molecule has 82 valence electrons. The third-order valence-corrected chi connectivity index (χ3v) is 2.49. The van der Waals surface area contributed by atoms with Crippen LogP contribution in [0.2, 0.25) is 0 Å². The molecule has 1 amide bonds. The monoisotopic (exact) mass is 215 g/mol. The molecule has 4 heteroatoms. The third-order valence-electron chi connectivity index (χ3n) is 2.49. The van der Waals surface area contributed by atoms with E-state index in [1.54, 1.807) is 23.3 Å². The molecule has 1 aromatic carbocycles. The maximum absolute atomic E-state index is 11.4. The van der Waals surface area contributed by atoms with Crippen LogP contribution in [0.1, 0.15) is 11.6 Å². The number of hydrogen-bond donors (Lipinski definition) is 1. The molecule has 16 heavy (non-hydrogen) atoms. The first-order valence-corrected chi connectivity index (χ1v) is 5.08. The highest BCUT2D eigenvalue weighted by Gasteiger charge is 2.16. The molecule has 0 bridgehead atoms. The van der Waals surface area contributed by atoms with Crippen LogP contribution in [0.5, 0.6) is 0 Å². The summed E-state index contributed by atoms with van der Waals surface area (Å²) in [6.45, 7) is 0. The zero-order valence-corrected chi connectivity index (χ0v) is 8.78. The molecule has 0 saturated heterocycles. The van der Waals surface area contributed by atoms with Crippen molar-refractivity contribution in [2.24, 2.45) is 5.73 Å². The summed E-state index contributed by atoms with van der Waals surface area (Å²) in [6, 6.07) is 9.42. The van der Waals surface area contributed by atoms with Gasteiger partial charge in [-0.2, -0.15) is 0 Å². The fraction of sp³-hybridized carbons (Fsp3) is 0.167. The molecule has 0 radical (unpaired) electrons. The lowest BCUT2D eigenvalue weighted by Gasteiger charge is -2.14. The van der Waals surface area contributed by atoms with E-state index < -0.39 is 0 Å². The number of carbonyl (C=O) groups excluding carboxylic acids is 1. The number of benzene rings is 1. The number of nitrogens with zero attached hydrogens (tertiary/aromatic N) is 2. The van der Waals surface area contributed by atoms with Crippen LogP contribution in [-0.4, -0.2) is 15.5 Å². The van der Waals surface area contributed by atoms with Crippen molar-refractivity contribution in [1.29, 1.82) is 0 Å². The summed E-state index contributed by atoms with van der Waals surface area (Å²) in [5.41, 5.74) is 6.47. The van der Waals surface area contributed by atoms with E-state index in [9.17, 15) is 4.79 Å². The van der Waals surface area contributed by atoms with Crippen LogP contribution in [0.4, 0.5) is 0 Å². The lowest BCUT2D eigenvalue weighted by molar-refractivity contribution is -0.121. The molecule has 0 fully saturated rings. The van der Waals surface area contributed by atoms with Gasteiger partial charge in [-0.15, -0.1) is 0 Å². The number of nitrogens with two attached hydrogens (primary N) is 1. The molecule has 4 nitrogen and oxygen atoms in total. The number of aromatic nitrogens is 2. The molecule has 0 aliphatic heterocycles. The maximum Gasteiger partial charge on any atom is 0.240 e. The minimum atomic E-state index is -0.370. The van der Waals surface area contributed by atoms with E-state index in [4.69, 9.17) is 5.73 Å². The third kappa shape index (κ3) is 2.28. The van der Waals surface area contributed by atoms with Gasteiger partial charge in [-0.25, -0.2) is 4.98 Å². The molecular weight excluding hydrogens is 202 g/mol. The van der Waals surface area contributed by atoms with Crippen LogP contribution in [-0.2, 0) is 11.2 Å².